The van der Waals surface area contributed by atoms with E-state index in [1.54, 1.807) is 6.07 Å². The van der Waals surface area contributed by atoms with E-state index in [1.807, 2.05) is 24.3 Å². The Morgan fingerprint density at radius 1 is 1.06 bits per heavy atom. The molecule has 0 aliphatic heterocycles. The minimum Gasteiger partial charge on any atom is -0.255 e. The van der Waals surface area contributed by atoms with Gasteiger partial charge in [-0.15, -0.1) is 0 Å². The first-order valence-corrected chi connectivity index (χ1v) is 5.46. The van der Waals surface area contributed by atoms with Crippen LogP contribution in [0.4, 0.5) is 8.78 Å². The lowest BCUT2D eigenvalue weighted by atomic mass is 10.1. The molecular weight excluding hydrogens is 276 g/mol. The molecule has 0 saturated heterocycles. The van der Waals surface area contributed by atoms with Gasteiger partial charge in [-0.05, 0) is 35.4 Å². The standard InChI is InChI=1S/C12H8BrF2N/c13-10-3-1-2-8(6-10)9-4-5-16-11(7-9)12(14)15/h1-7,12H. The van der Waals surface area contributed by atoms with Crippen molar-refractivity contribution in [1.82, 2.24) is 4.98 Å². The molecule has 0 spiro atoms. The number of hydrogen-bond acceptors (Lipinski definition) is 1. The first kappa shape index (κ1) is 11.2. The highest BCUT2D eigenvalue weighted by molar-refractivity contribution is 9.10. The first-order chi connectivity index (χ1) is 7.66. The highest BCUT2D eigenvalue weighted by Gasteiger charge is 2.09. The second-order valence-corrected chi connectivity index (χ2v) is 4.20. The van der Waals surface area contributed by atoms with Gasteiger partial charge in [0.05, 0.1) is 0 Å². The van der Waals surface area contributed by atoms with Gasteiger partial charge in [0.1, 0.15) is 5.69 Å². The normalized spacial score (nSPS) is 10.8. The summed E-state index contributed by atoms with van der Waals surface area (Å²) >= 11 is 3.34. The molecule has 1 aromatic carbocycles. The number of hydrogen-bond donors (Lipinski definition) is 0. The van der Waals surface area contributed by atoms with Gasteiger partial charge in [-0.3, -0.25) is 4.98 Å². The average Bonchev–Trinajstić information content (AvgIpc) is 2.29. The number of pyridine rings is 1. The van der Waals surface area contributed by atoms with E-state index >= 15 is 0 Å². The Morgan fingerprint density at radius 3 is 2.50 bits per heavy atom. The van der Waals surface area contributed by atoms with Gasteiger partial charge >= 0.3 is 0 Å². The number of benzene rings is 1. The van der Waals surface area contributed by atoms with Gasteiger partial charge in [0.2, 0.25) is 0 Å². The van der Waals surface area contributed by atoms with Crippen molar-refractivity contribution in [2.45, 2.75) is 6.43 Å². The van der Waals surface area contributed by atoms with Crippen LogP contribution in [0.25, 0.3) is 11.1 Å². The van der Waals surface area contributed by atoms with E-state index in [-0.39, 0.29) is 5.69 Å². The van der Waals surface area contributed by atoms with Crippen molar-refractivity contribution < 1.29 is 8.78 Å². The molecule has 0 saturated carbocycles. The fraction of sp³-hybridized carbons (Fsp3) is 0.0833. The minimum atomic E-state index is -2.54. The van der Waals surface area contributed by atoms with E-state index < -0.39 is 6.43 Å². The Hall–Kier alpha value is -1.29. The van der Waals surface area contributed by atoms with Crippen LogP contribution in [0, 0.1) is 0 Å². The van der Waals surface area contributed by atoms with Crippen molar-refractivity contribution in [1.29, 1.82) is 0 Å². The number of alkyl halides is 2. The summed E-state index contributed by atoms with van der Waals surface area (Å²) in [4.78, 5) is 3.63. The zero-order valence-corrected chi connectivity index (χ0v) is 9.79. The average molecular weight is 284 g/mol. The summed E-state index contributed by atoms with van der Waals surface area (Å²) in [5.41, 5.74) is 1.43. The third-order valence-corrected chi connectivity index (χ3v) is 2.66. The molecule has 82 valence electrons. The lowest BCUT2D eigenvalue weighted by molar-refractivity contribution is 0.146. The lowest BCUT2D eigenvalue weighted by Gasteiger charge is -2.04. The summed E-state index contributed by atoms with van der Waals surface area (Å²) < 4.78 is 25.9. The van der Waals surface area contributed by atoms with Gasteiger partial charge in [-0.1, -0.05) is 28.1 Å². The molecule has 0 atom stereocenters. The molecule has 2 aromatic rings. The van der Waals surface area contributed by atoms with Crippen LogP contribution in [0.1, 0.15) is 12.1 Å². The summed E-state index contributed by atoms with van der Waals surface area (Å²) in [5.74, 6) is 0. The quantitative estimate of drug-likeness (QED) is 0.794. The zero-order valence-electron chi connectivity index (χ0n) is 8.20. The van der Waals surface area contributed by atoms with Crippen LogP contribution in [0.5, 0.6) is 0 Å². The van der Waals surface area contributed by atoms with Crippen molar-refractivity contribution in [3.8, 4) is 11.1 Å². The molecule has 1 nitrogen and oxygen atoms in total. The van der Waals surface area contributed by atoms with E-state index in [9.17, 15) is 8.78 Å². The molecule has 0 aliphatic rings. The maximum atomic E-state index is 12.5. The molecular formula is C12H8BrF2N. The third-order valence-electron chi connectivity index (χ3n) is 2.16. The van der Waals surface area contributed by atoms with Crippen molar-refractivity contribution in [3.63, 3.8) is 0 Å². The van der Waals surface area contributed by atoms with Crippen molar-refractivity contribution in [2.24, 2.45) is 0 Å². The Bertz CT molecular complexity index is 500. The molecule has 0 radical (unpaired) electrons. The molecule has 0 fully saturated rings. The fourth-order valence-corrected chi connectivity index (χ4v) is 1.81. The van der Waals surface area contributed by atoms with E-state index in [0.717, 1.165) is 15.6 Å². The maximum absolute atomic E-state index is 12.5. The largest absolute Gasteiger partial charge is 0.280 e. The van der Waals surface area contributed by atoms with Crippen molar-refractivity contribution >= 4 is 15.9 Å². The van der Waals surface area contributed by atoms with Crippen molar-refractivity contribution in [3.05, 3.63) is 52.8 Å². The SMILES string of the molecule is FC(F)c1cc(-c2cccc(Br)c2)ccn1. The summed E-state index contributed by atoms with van der Waals surface area (Å²) in [6.07, 6.45) is -1.13. The van der Waals surface area contributed by atoms with Crippen LogP contribution < -0.4 is 0 Å². The van der Waals surface area contributed by atoms with E-state index in [2.05, 4.69) is 20.9 Å². The lowest BCUT2D eigenvalue weighted by Crippen LogP contribution is -1.90. The zero-order chi connectivity index (χ0) is 11.5. The van der Waals surface area contributed by atoms with Gasteiger partial charge in [0.15, 0.2) is 0 Å². The smallest absolute Gasteiger partial charge is 0.255 e. The van der Waals surface area contributed by atoms with Gasteiger partial charge in [-0.2, -0.15) is 0 Å². The Morgan fingerprint density at radius 2 is 1.81 bits per heavy atom. The Balaban J connectivity index is 2.44. The predicted molar refractivity (Wildman–Crippen MR) is 62.3 cm³/mol. The molecule has 1 heterocycles. The molecule has 0 N–H and O–H groups in total. The second kappa shape index (κ2) is 4.70. The Labute approximate surface area is 100 Å². The van der Waals surface area contributed by atoms with Crippen LogP contribution in [0.2, 0.25) is 0 Å². The fourth-order valence-electron chi connectivity index (χ4n) is 1.42. The van der Waals surface area contributed by atoms with Crippen LogP contribution in [-0.2, 0) is 0 Å². The van der Waals surface area contributed by atoms with E-state index in [4.69, 9.17) is 0 Å². The minimum absolute atomic E-state index is 0.197. The number of nitrogens with zero attached hydrogens (tertiary/aromatic N) is 1. The van der Waals surface area contributed by atoms with E-state index in [0.29, 0.717) is 0 Å². The molecule has 0 unspecified atom stereocenters. The van der Waals surface area contributed by atoms with E-state index in [1.165, 1.54) is 12.3 Å². The van der Waals surface area contributed by atoms with Crippen LogP contribution in [0.15, 0.2) is 47.1 Å². The van der Waals surface area contributed by atoms with Crippen LogP contribution in [0.3, 0.4) is 0 Å². The monoisotopic (exact) mass is 283 g/mol. The predicted octanol–water partition coefficient (Wildman–Crippen LogP) is 4.45. The molecule has 2 rings (SSSR count). The summed E-state index contributed by atoms with van der Waals surface area (Å²) in [7, 11) is 0. The second-order valence-electron chi connectivity index (χ2n) is 3.28. The van der Waals surface area contributed by atoms with Gasteiger partial charge < -0.3 is 0 Å². The molecule has 16 heavy (non-hydrogen) atoms. The molecule has 0 amide bonds. The topological polar surface area (TPSA) is 12.9 Å². The highest BCUT2D eigenvalue weighted by Crippen LogP contribution is 2.25. The van der Waals surface area contributed by atoms with Gasteiger partial charge in [0.25, 0.3) is 6.43 Å². The first-order valence-electron chi connectivity index (χ1n) is 4.67. The number of aromatic nitrogens is 1. The number of rotatable bonds is 2. The van der Waals surface area contributed by atoms with Crippen LogP contribution >= 0.6 is 15.9 Å². The molecule has 1 aromatic heterocycles. The van der Waals surface area contributed by atoms with Crippen LogP contribution in [-0.4, -0.2) is 4.98 Å². The number of halogens is 3. The summed E-state index contributed by atoms with van der Waals surface area (Å²) in [5, 5.41) is 0. The maximum Gasteiger partial charge on any atom is 0.280 e. The highest BCUT2D eigenvalue weighted by atomic mass is 79.9. The van der Waals surface area contributed by atoms with Gasteiger partial charge in [0, 0.05) is 10.7 Å². The van der Waals surface area contributed by atoms with Gasteiger partial charge in [-0.25, -0.2) is 8.78 Å². The van der Waals surface area contributed by atoms with Crippen molar-refractivity contribution in [2.75, 3.05) is 0 Å². The molecule has 4 heteroatoms. The molecule has 0 aliphatic carbocycles. The summed E-state index contributed by atoms with van der Waals surface area (Å²) in [6, 6.07) is 10.6. The summed E-state index contributed by atoms with van der Waals surface area (Å²) in [6.45, 7) is 0. The molecule has 0 bridgehead atoms. The third kappa shape index (κ3) is 2.44. The Kier molecular flexibility index (Phi) is 3.29.